The van der Waals surface area contributed by atoms with Crippen molar-refractivity contribution in [1.29, 1.82) is 0 Å². The van der Waals surface area contributed by atoms with Crippen LogP contribution in [0.25, 0.3) is 0 Å². The Labute approximate surface area is 107 Å². The topological polar surface area (TPSA) is 67.9 Å². The van der Waals surface area contributed by atoms with Crippen molar-refractivity contribution < 1.29 is 19.1 Å². The van der Waals surface area contributed by atoms with Gasteiger partial charge in [-0.2, -0.15) is 0 Å². The smallest absolute Gasteiger partial charge is 0.410 e. The van der Waals surface area contributed by atoms with Crippen molar-refractivity contribution in [3.63, 3.8) is 0 Å². The molecule has 0 spiro atoms. The van der Waals surface area contributed by atoms with Crippen molar-refractivity contribution in [2.45, 2.75) is 50.9 Å². The SMILES string of the molecule is COC(=O)[C@@H]1N[C@H]2C[C@@H]1N(C(=O)OC(C)(C)C)C2. The minimum Gasteiger partial charge on any atom is -0.468 e. The molecule has 102 valence electrons. The number of hydrogen-bond acceptors (Lipinski definition) is 5. The molecule has 2 aliphatic heterocycles. The molecule has 2 bridgehead atoms. The maximum atomic E-state index is 12.0. The third-order valence-corrected chi connectivity index (χ3v) is 3.23. The second-order valence-corrected chi connectivity index (χ2v) is 5.80. The second kappa shape index (κ2) is 4.42. The molecule has 0 radical (unpaired) electrons. The lowest BCUT2D eigenvalue weighted by atomic mass is 10.1. The maximum absolute atomic E-state index is 12.0. The van der Waals surface area contributed by atoms with Crippen LogP contribution in [0.3, 0.4) is 0 Å². The van der Waals surface area contributed by atoms with Gasteiger partial charge in [-0.05, 0) is 27.2 Å². The fourth-order valence-electron chi connectivity index (χ4n) is 2.55. The minimum atomic E-state index is -0.521. The van der Waals surface area contributed by atoms with Gasteiger partial charge in [0.2, 0.25) is 0 Å². The van der Waals surface area contributed by atoms with Gasteiger partial charge in [-0.15, -0.1) is 0 Å². The Balaban J connectivity index is 2.04. The summed E-state index contributed by atoms with van der Waals surface area (Å²) in [7, 11) is 1.35. The van der Waals surface area contributed by atoms with Crippen molar-refractivity contribution >= 4 is 12.1 Å². The summed E-state index contributed by atoms with van der Waals surface area (Å²) < 4.78 is 10.1. The minimum absolute atomic E-state index is 0.155. The lowest BCUT2D eigenvalue weighted by Gasteiger charge is -2.33. The molecule has 0 aromatic heterocycles. The Hall–Kier alpha value is -1.30. The average Bonchev–Trinajstić information content (AvgIpc) is 2.84. The zero-order valence-electron chi connectivity index (χ0n) is 11.2. The number of nitrogens with zero attached hydrogens (tertiary/aromatic N) is 1. The van der Waals surface area contributed by atoms with Crippen LogP contribution in [0.4, 0.5) is 4.79 Å². The molecule has 3 atom stereocenters. The monoisotopic (exact) mass is 256 g/mol. The van der Waals surface area contributed by atoms with Gasteiger partial charge in [-0.25, -0.2) is 4.79 Å². The van der Waals surface area contributed by atoms with E-state index in [-0.39, 0.29) is 24.1 Å². The number of esters is 1. The largest absolute Gasteiger partial charge is 0.468 e. The molecule has 2 heterocycles. The summed E-state index contributed by atoms with van der Waals surface area (Å²) in [6, 6.07) is -0.426. The summed E-state index contributed by atoms with van der Waals surface area (Å²) in [5.41, 5.74) is -0.521. The zero-order valence-corrected chi connectivity index (χ0v) is 11.2. The first-order valence-corrected chi connectivity index (χ1v) is 6.15. The van der Waals surface area contributed by atoms with Gasteiger partial charge in [0.15, 0.2) is 0 Å². The number of rotatable bonds is 1. The Morgan fingerprint density at radius 3 is 2.50 bits per heavy atom. The van der Waals surface area contributed by atoms with Crippen LogP contribution in [0, 0.1) is 0 Å². The Bertz CT molecular complexity index is 364. The van der Waals surface area contributed by atoms with E-state index in [1.165, 1.54) is 7.11 Å². The number of hydrogen-bond donors (Lipinski definition) is 1. The number of amides is 1. The highest BCUT2D eigenvalue weighted by Gasteiger charge is 2.51. The average molecular weight is 256 g/mol. The molecule has 0 unspecified atom stereocenters. The van der Waals surface area contributed by atoms with E-state index < -0.39 is 11.6 Å². The van der Waals surface area contributed by atoms with Gasteiger partial charge in [-0.1, -0.05) is 0 Å². The molecular weight excluding hydrogens is 236 g/mol. The number of carbonyl (C=O) groups excluding carboxylic acids is 2. The van der Waals surface area contributed by atoms with E-state index in [0.29, 0.717) is 6.54 Å². The molecule has 2 rings (SSSR count). The number of nitrogens with one attached hydrogen (secondary N) is 1. The highest BCUT2D eigenvalue weighted by molar-refractivity contribution is 5.79. The van der Waals surface area contributed by atoms with Gasteiger partial charge < -0.3 is 14.4 Å². The summed E-state index contributed by atoms with van der Waals surface area (Å²) in [5.74, 6) is -0.323. The highest BCUT2D eigenvalue weighted by atomic mass is 16.6. The van der Waals surface area contributed by atoms with Gasteiger partial charge >= 0.3 is 12.1 Å². The molecule has 1 N–H and O–H groups in total. The predicted molar refractivity (Wildman–Crippen MR) is 64.1 cm³/mol. The third kappa shape index (κ3) is 2.43. The summed E-state index contributed by atoms with van der Waals surface area (Å²) in [5, 5.41) is 3.16. The number of fused-ring (bicyclic) bond motifs is 2. The summed E-state index contributed by atoms with van der Waals surface area (Å²) in [4.78, 5) is 25.3. The highest BCUT2D eigenvalue weighted by Crippen LogP contribution is 2.30. The van der Waals surface area contributed by atoms with Crippen LogP contribution < -0.4 is 5.32 Å². The summed E-state index contributed by atoms with van der Waals surface area (Å²) in [6.45, 7) is 6.08. The van der Waals surface area contributed by atoms with Crippen LogP contribution in [0.15, 0.2) is 0 Å². The number of likely N-dealkylation sites (tertiary alicyclic amines) is 1. The number of carbonyl (C=O) groups is 2. The van der Waals surface area contributed by atoms with Crippen LogP contribution in [-0.4, -0.2) is 54.3 Å². The van der Waals surface area contributed by atoms with Crippen LogP contribution >= 0.6 is 0 Å². The van der Waals surface area contributed by atoms with Gasteiger partial charge in [0.25, 0.3) is 0 Å². The number of ether oxygens (including phenoxy) is 2. The Morgan fingerprint density at radius 1 is 1.33 bits per heavy atom. The van der Waals surface area contributed by atoms with Crippen molar-refractivity contribution in [1.82, 2.24) is 10.2 Å². The lowest BCUT2D eigenvalue weighted by molar-refractivity contribution is -0.144. The molecule has 0 aromatic carbocycles. The van der Waals surface area contributed by atoms with Crippen LogP contribution in [0.1, 0.15) is 27.2 Å². The van der Waals surface area contributed by atoms with E-state index >= 15 is 0 Å². The molecule has 0 aromatic rings. The van der Waals surface area contributed by atoms with E-state index in [9.17, 15) is 9.59 Å². The fraction of sp³-hybridized carbons (Fsp3) is 0.833. The molecule has 0 aliphatic carbocycles. The Morgan fingerprint density at radius 2 is 2.00 bits per heavy atom. The molecule has 1 amide bonds. The van der Waals surface area contributed by atoms with Gasteiger partial charge in [-0.3, -0.25) is 10.1 Å². The molecule has 18 heavy (non-hydrogen) atoms. The molecule has 2 saturated heterocycles. The summed E-state index contributed by atoms with van der Waals surface area (Å²) >= 11 is 0. The first-order valence-electron chi connectivity index (χ1n) is 6.15. The molecular formula is C12H20N2O4. The van der Waals surface area contributed by atoms with Gasteiger partial charge in [0.1, 0.15) is 11.6 Å². The van der Waals surface area contributed by atoms with E-state index in [0.717, 1.165) is 6.42 Å². The van der Waals surface area contributed by atoms with Crippen molar-refractivity contribution in [3.8, 4) is 0 Å². The molecule has 6 nitrogen and oxygen atoms in total. The number of methoxy groups -OCH3 is 1. The third-order valence-electron chi connectivity index (χ3n) is 3.23. The van der Waals surface area contributed by atoms with Crippen molar-refractivity contribution in [2.24, 2.45) is 0 Å². The molecule has 6 heteroatoms. The van der Waals surface area contributed by atoms with Gasteiger partial charge in [0.05, 0.1) is 13.2 Å². The maximum Gasteiger partial charge on any atom is 0.410 e. The molecule has 2 fully saturated rings. The van der Waals surface area contributed by atoms with E-state index in [1.54, 1.807) is 4.90 Å². The lowest BCUT2D eigenvalue weighted by Crippen LogP contribution is -2.57. The summed E-state index contributed by atoms with van der Waals surface area (Å²) in [6.07, 6.45) is 0.421. The zero-order chi connectivity index (χ0) is 13.5. The fourth-order valence-corrected chi connectivity index (χ4v) is 2.55. The Kier molecular flexibility index (Phi) is 3.23. The standard InChI is InChI=1S/C12H20N2O4/c1-12(2,3)18-11(16)14-6-7-5-8(14)9(13-7)10(15)17-4/h7-9,13H,5-6H2,1-4H3/t7-,8-,9+/m0/s1. The van der Waals surface area contributed by atoms with E-state index in [4.69, 9.17) is 9.47 Å². The predicted octanol–water partition coefficient (Wildman–Crippen LogP) is 0.509. The normalized spacial score (nSPS) is 30.4. The van der Waals surface area contributed by atoms with Crippen LogP contribution in [-0.2, 0) is 14.3 Å². The van der Waals surface area contributed by atoms with Crippen molar-refractivity contribution in [3.05, 3.63) is 0 Å². The van der Waals surface area contributed by atoms with E-state index in [1.807, 2.05) is 20.8 Å². The first-order chi connectivity index (χ1) is 8.31. The van der Waals surface area contributed by atoms with Crippen molar-refractivity contribution in [2.75, 3.05) is 13.7 Å². The molecule has 2 aliphatic rings. The van der Waals surface area contributed by atoms with Crippen LogP contribution in [0.5, 0.6) is 0 Å². The van der Waals surface area contributed by atoms with E-state index in [2.05, 4.69) is 5.32 Å². The molecule has 0 saturated carbocycles. The van der Waals surface area contributed by atoms with Crippen LogP contribution in [0.2, 0.25) is 0 Å². The quantitative estimate of drug-likeness (QED) is 0.692. The number of piperazine rings is 1. The second-order valence-electron chi connectivity index (χ2n) is 5.80. The van der Waals surface area contributed by atoms with Gasteiger partial charge in [0, 0.05) is 12.6 Å². The first kappa shape index (κ1) is 13.1.